The lowest BCUT2D eigenvalue weighted by molar-refractivity contribution is 0.157. The number of aromatic amines is 1. The van der Waals surface area contributed by atoms with Gasteiger partial charge in [-0.3, -0.25) is 9.47 Å². The molecule has 0 bridgehead atoms. The first kappa shape index (κ1) is 19.2. The molecule has 0 unspecified atom stereocenters. The summed E-state index contributed by atoms with van der Waals surface area (Å²) in [4.78, 5) is 33.0. The highest BCUT2D eigenvalue weighted by atomic mass is 16.6. The van der Waals surface area contributed by atoms with Crippen LogP contribution in [0.4, 0.5) is 4.79 Å². The number of carbonyl (C=O) groups is 1. The first-order valence-corrected chi connectivity index (χ1v) is 9.67. The molecule has 3 heterocycles. The van der Waals surface area contributed by atoms with E-state index in [4.69, 9.17) is 10.5 Å². The van der Waals surface area contributed by atoms with E-state index in [0.717, 1.165) is 41.8 Å². The van der Waals surface area contributed by atoms with Crippen molar-refractivity contribution in [1.82, 2.24) is 24.8 Å². The number of amides is 1. The van der Waals surface area contributed by atoms with Gasteiger partial charge in [-0.1, -0.05) is 12.1 Å². The maximum absolute atomic E-state index is 12.5. The molecule has 1 aromatic carbocycles. The van der Waals surface area contributed by atoms with Gasteiger partial charge in [0.25, 0.3) is 0 Å². The van der Waals surface area contributed by atoms with E-state index in [1.165, 1.54) is 4.57 Å². The van der Waals surface area contributed by atoms with Crippen LogP contribution in [0.25, 0.3) is 16.7 Å². The number of hydrogen-bond acceptors (Lipinski definition) is 6. The summed E-state index contributed by atoms with van der Waals surface area (Å²) >= 11 is 0. The summed E-state index contributed by atoms with van der Waals surface area (Å²) < 4.78 is 6.47. The van der Waals surface area contributed by atoms with Crippen molar-refractivity contribution >= 4 is 17.1 Å². The molecular formula is C20H24N6O3. The average Bonchev–Trinajstić information content (AvgIpc) is 3.30. The average molecular weight is 396 g/mol. The van der Waals surface area contributed by atoms with Gasteiger partial charge in [-0.15, -0.1) is 0 Å². The van der Waals surface area contributed by atoms with E-state index in [1.54, 1.807) is 11.1 Å². The van der Waals surface area contributed by atoms with Crippen molar-refractivity contribution in [2.75, 3.05) is 26.2 Å². The predicted molar refractivity (Wildman–Crippen MR) is 109 cm³/mol. The third-order valence-corrected chi connectivity index (χ3v) is 4.87. The summed E-state index contributed by atoms with van der Waals surface area (Å²) in [5, 5.41) is 4.14. The molecule has 1 saturated heterocycles. The van der Waals surface area contributed by atoms with Crippen LogP contribution in [0.1, 0.15) is 17.7 Å². The minimum atomic E-state index is -0.361. The third-order valence-electron chi connectivity index (χ3n) is 4.87. The normalized spacial score (nSPS) is 14.0. The molecule has 9 nitrogen and oxygen atoms in total. The first-order chi connectivity index (χ1) is 14.1. The van der Waals surface area contributed by atoms with Crippen molar-refractivity contribution in [1.29, 1.82) is 0 Å². The summed E-state index contributed by atoms with van der Waals surface area (Å²) in [6.45, 7) is 3.67. The largest absolute Gasteiger partial charge is 0.448 e. The summed E-state index contributed by atoms with van der Waals surface area (Å²) in [7, 11) is 0. The molecule has 0 spiro atoms. The Hall–Kier alpha value is -3.17. The Morgan fingerprint density at radius 1 is 1.24 bits per heavy atom. The van der Waals surface area contributed by atoms with Gasteiger partial charge in [-0.25, -0.2) is 9.59 Å². The molecule has 1 amide bonds. The third kappa shape index (κ3) is 4.30. The molecule has 152 valence electrons. The van der Waals surface area contributed by atoms with Gasteiger partial charge in [-0.05, 0) is 43.3 Å². The number of rotatable bonds is 8. The highest BCUT2D eigenvalue weighted by Gasteiger charge is 2.22. The molecule has 9 heteroatoms. The van der Waals surface area contributed by atoms with Crippen LogP contribution in [-0.4, -0.2) is 51.8 Å². The molecule has 1 aliphatic heterocycles. The van der Waals surface area contributed by atoms with Crippen LogP contribution in [0, 0.1) is 0 Å². The van der Waals surface area contributed by atoms with E-state index in [2.05, 4.69) is 15.3 Å². The number of hydrogen-bond donors (Lipinski definition) is 3. The van der Waals surface area contributed by atoms with Gasteiger partial charge in [0.15, 0.2) is 0 Å². The van der Waals surface area contributed by atoms with Crippen LogP contribution >= 0.6 is 0 Å². The zero-order valence-corrected chi connectivity index (χ0v) is 16.1. The monoisotopic (exact) mass is 396 g/mol. The van der Waals surface area contributed by atoms with E-state index < -0.39 is 0 Å². The lowest BCUT2D eigenvalue weighted by Crippen LogP contribution is -2.23. The summed E-state index contributed by atoms with van der Waals surface area (Å²) in [5.74, 6) is 0. The number of carbonyl (C=O) groups excluding carboxylic acids is 1. The first-order valence-electron chi connectivity index (χ1n) is 9.67. The van der Waals surface area contributed by atoms with E-state index >= 15 is 0 Å². The van der Waals surface area contributed by atoms with Crippen molar-refractivity contribution < 1.29 is 9.53 Å². The Balaban J connectivity index is 1.52. The van der Waals surface area contributed by atoms with Crippen molar-refractivity contribution in [2.24, 2.45) is 5.73 Å². The number of nitrogens with two attached hydrogens (primary N) is 1. The molecule has 0 saturated carbocycles. The van der Waals surface area contributed by atoms with Gasteiger partial charge in [0, 0.05) is 23.8 Å². The lowest BCUT2D eigenvalue weighted by atomic mass is 10.2. The van der Waals surface area contributed by atoms with Gasteiger partial charge < -0.3 is 20.8 Å². The van der Waals surface area contributed by atoms with Crippen molar-refractivity contribution in [3.63, 3.8) is 0 Å². The number of nitrogens with zero attached hydrogens (tertiary/aromatic N) is 3. The van der Waals surface area contributed by atoms with E-state index in [1.807, 2.05) is 30.3 Å². The minimum absolute atomic E-state index is 0.325. The SMILES string of the molecule is NCCCNCc1ccc(-n2cc3cc(CN4CCOC4=O)[nH]c3nc2=O)cc1. The van der Waals surface area contributed by atoms with E-state index in [-0.39, 0.29) is 11.8 Å². The topological polar surface area (TPSA) is 118 Å². The fourth-order valence-corrected chi connectivity index (χ4v) is 3.33. The van der Waals surface area contributed by atoms with Crippen LogP contribution in [0.5, 0.6) is 0 Å². The van der Waals surface area contributed by atoms with Gasteiger partial charge in [0.05, 0.1) is 18.8 Å². The van der Waals surface area contributed by atoms with Crippen molar-refractivity contribution in [2.45, 2.75) is 19.5 Å². The Labute approximate surface area is 167 Å². The zero-order chi connectivity index (χ0) is 20.2. The number of H-pyrrole nitrogens is 1. The Bertz CT molecular complexity index is 1060. The van der Waals surface area contributed by atoms with Crippen molar-refractivity contribution in [3.8, 4) is 5.69 Å². The molecule has 0 radical (unpaired) electrons. The molecule has 0 atom stereocenters. The Morgan fingerprint density at radius 3 is 2.79 bits per heavy atom. The Morgan fingerprint density at radius 2 is 2.07 bits per heavy atom. The predicted octanol–water partition coefficient (Wildman–Crippen LogP) is 1.10. The number of fused-ring (bicyclic) bond motifs is 1. The smallest absolute Gasteiger partial charge is 0.410 e. The van der Waals surface area contributed by atoms with Crippen LogP contribution < -0.4 is 16.7 Å². The summed E-state index contributed by atoms with van der Waals surface area (Å²) in [6, 6.07) is 9.69. The fraction of sp³-hybridized carbons (Fsp3) is 0.350. The second kappa shape index (κ2) is 8.46. The molecule has 29 heavy (non-hydrogen) atoms. The second-order valence-electron chi connectivity index (χ2n) is 7.01. The number of benzene rings is 1. The maximum atomic E-state index is 12.5. The molecular weight excluding hydrogens is 372 g/mol. The molecule has 0 aliphatic carbocycles. The van der Waals surface area contributed by atoms with Gasteiger partial charge >= 0.3 is 11.8 Å². The van der Waals surface area contributed by atoms with Crippen LogP contribution in [0.15, 0.2) is 41.3 Å². The maximum Gasteiger partial charge on any atom is 0.410 e. The van der Waals surface area contributed by atoms with Crippen LogP contribution in [0.3, 0.4) is 0 Å². The second-order valence-corrected chi connectivity index (χ2v) is 7.01. The van der Waals surface area contributed by atoms with E-state index in [9.17, 15) is 9.59 Å². The van der Waals surface area contributed by atoms with Crippen LogP contribution in [-0.2, 0) is 17.8 Å². The summed E-state index contributed by atoms with van der Waals surface area (Å²) in [5.41, 5.74) is 8.33. The highest BCUT2D eigenvalue weighted by Crippen LogP contribution is 2.17. The highest BCUT2D eigenvalue weighted by molar-refractivity contribution is 5.76. The van der Waals surface area contributed by atoms with Gasteiger partial charge in [-0.2, -0.15) is 4.98 Å². The quantitative estimate of drug-likeness (QED) is 0.491. The Kier molecular flexibility index (Phi) is 5.59. The van der Waals surface area contributed by atoms with Crippen molar-refractivity contribution in [3.05, 3.63) is 58.3 Å². The van der Waals surface area contributed by atoms with E-state index in [0.29, 0.717) is 31.9 Å². The molecule has 1 fully saturated rings. The lowest BCUT2D eigenvalue weighted by Gasteiger charge is -2.10. The molecule has 2 aromatic heterocycles. The number of nitrogens with one attached hydrogen (secondary N) is 2. The molecule has 4 N–H and O–H groups in total. The number of aromatic nitrogens is 3. The minimum Gasteiger partial charge on any atom is -0.448 e. The van der Waals surface area contributed by atoms with Crippen LogP contribution in [0.2, 0.25) is 0 Å². The number of ether oxygens (including phenoxy) is 1. The molecule has 4 rings (SSSR count). The standard InChI is InChI=1S/C20H24N6O3/c21-6-1-7-22-11-14-2-4-17(5-3-14)26-12-15-10-16(23-18(15)24-19(26)27)13-25-8-9-29-20(25)28/h2-5,10,12,22H,1,6-9,11,13,21H2,(H,23,24,27). The van der Waals surface area contributed by atoms with Gasteiger partial charge in [0.1, 0.15) is 12.3 Å². The number of cyclic esters (lactones) is 1. The molecule has 3 aromatic rings. The fourth-order valence-electron chi connectivity index (χ4n) is 3.33. The summed E-state index contributed by atoms with van der Waals surface area (Å²) in [6.07, 6.45) is 2.38. The molecule has 1 aliphatic rings. The van der Waals surface area contributed by atoms with Gasteiger partial charge in [0.2, 0.25) is 0 Å². The zero-order valence-electron chi connectivity index (χ0n) is 16.1.